The summed E-state index contributed by atoms with van der Waals surface area (Å²) in [6, 6.07) is 8.58. The maximum absolute atomic E-state index is 13.1. The van der Waals surface area contributed by atoms with Crippen molar-refractivity contribution in [3.63, 3.8) is 0 Å². The minimum atomic E-state index is 0.209. The van der Waals surface area contributed by atoms with Crippen molar-refractivity contribution in [3.8, 4) is 0 Å². The number of rotatable bonds is 4. The van der Waals surface area contributed by atoms with Gasteiger partial charge < -0.3 is 9.47 Å². The molecular weight excluding hydrogens is 296 g/mol. The quantitative estimate of drug-likeness (QED) is 0.825. The highest BCUT2D eigenvalue weighted by molar-refractivity contribution is 5.95. The number of hydrogen-bond donors (Lipinski definition) is 0. The van der Waals surface area contributed by atoms with E-state index in [2.05, 4.69) is 56.5 Å². The molecule has 3 heteroatoms. The lowest BCUT2D eigenvalue weighted by molar-refractivity contribution is 0.0781. The van der Waals surface area contributed by atoms with Crippen LogP contribution in [0, 0.1) is 20.8 Å². The number of likely N-dealkylation sites (tertiary alicyclic amines) is 1. The van der Waals surface area contributed by atoms with E-state index in [4.69, 9.17) is 0 Å². The monoisotopic (exact) mass is 324 g/mol. The zero-order valence-corrected chi connectivity index (χ0v) is 15.4. The molecule has 0 spiro atoms. The van der Waals surface area contributed by atoms with E-state index in [-0.39, 0.29) is 5.91 Å². The number of hydrogen-bond acceptors (Lipinski definition) is 1. The van der Waals surface area contributed by atoms with Crippen molar-refractivity contribution in [1.29, 1.82) is 0 Å². The summed E-state index contributed by atoms with van der Waals surface area (Å²) in [6.07, 6.45) is 3.23. The van der Waals surface area contributed by atoms with Crippen LogP contribution in [-0.2, 0) is 13.0 Å². The van der Waals surface area contributed by atoms with Crippen LogP contribution in [0.5, 0.6) is 0 Å². The van der Waals surface area contributed by atoms with Gasteiger partial charge in [0, 0.05) is 25.3 Å². The molecular formula is C21H28N2O. The molecule has 3 rings (SSSR count). The molecule has 1 saturated heterocycles. The Bertz CT molecular complexity index is 751. The van der Waals surface area contributed by atoms with Crippen molar-refractivity contribution in [3.05, 3.63) is 57.9 Å². The molecule has 2 aromatic rings. The van der Waals surface area contributed by atoms with E-state index in [1.807, 2.05) is 4.90 Å². The Kier molecular flexibility index (Phi) is 4.79. The molecule has 1 amide bonds. The zero-order valence-electron chi connectivity index (χ0n) is 15.4. The highest BCUT2D eigenvalue weighted by Crippen LogP contribution is 2.26. The molecule has 24 heavy (non-hydrogen) atoms. The molecule has 0 saturated carbocycles. The molecule has 0 bridgehead atoms. The SMILES string of the molecule is CCc1c(C)c(C(=O)N2CCCC2)n(Cc2cccc(C)c2)c1C. The first-order chi connectivity index (χ1) is 11.5. The highest BCUT2D eigenvalue weighted by atomic mass is 16.2. The summed E-state index contributed by atoms with van der Waals surface area (Å²) in [5.74, 6) is 0.209. The van der Waals surface area contributed by atoms with Crippen molar-refractivity contribution in [2.45, 2.75) is 53.5 Å². The largest absolute Gasteiger partial charge is 0.337 e. The molecule has 0 radical (unpaired) electrons. The van der Waals surface area contributed by atoms with Crippen molar-refractivity contribution in [2.75, 3.05) is 13.1 Å². The van der Waals surface area contributed by atoms with Gasteiger partial charge in [0.1, 0.15) is 5.69 Å². The van der Waals surface area contributed by atoms with Gasteiger partial charge in [0.15, 0.2) is 0 Å². The predicted molar refractivity (Wildman–Crippen MR) is 98.7 cm³/mol. The number of aromatic nitrogens is 1. The number of aryl methyl sites for hydroxylation is 1. The van der Waals surface area contributed by atoms with Crippen LogP contribution in [-0.4, -0.2) is 28.5 Å². The first-order valence-electron chi connectivity index (χ1n) is 9.06. The van der Waals surface area contributed by atoms with Crippen LogP contribution in [0.15, 0.2) is 24.3 Å². The predicted octanol–water partition coefficient (Wildman–Crippen LogP) is 4.26. The number of carbonyl (C=O) groups is 1. The van der Waals surface area contributed by atoms with Gasteiger partial charge in [-0.2, -0.15) is 0 Å². The van der Waals surface area contributed by atoms with Crippen LogP contribution in [0.4, 0.5) is 0 Å². The normalized spacial score (nSPS) is 14.4. The smallest absolute Gasteiger partial charge is 0.270 e. The van der Waals surface area contributed by atoms with Gasteiger partial charge in [0.25, 0.3) is 5.91 Å². The van der Waals surface area contributed by atoms with Gasteiger partial charge in [-0.05, 0) is 56.7 Å². The Hall–Kier alpha value is -2.03. The summed E-state index contributed by atoms with van der Waals surface area (Å²) in [4.78, 5) is 15.2. The maximum atomic E-state index is 13.1. The van der Waals surface area contributed by atoms with Gasteiger partial charge in [-0.15, -0.1) is 0 Å². The minimum Gasteiger partial charge on any atom is -0.337 e. The Labute approximate surface area is 145 Å². The molecule has 0 N–H and O–H groups in total. The van der Waals surface area contributed by atoms with Gasteiger partial charge >= 0.3 is 0 Å². The number of nitrogens with zero attached hydrogens (tertiary/aromatic N) is 2. The second kappa shape index (κ2) is 6.84. The fourth-order valence-corrected chi connectivity index (χ4v) is 4.00. The molecule has 128 valence electrons. The van der Waals surface area contributed by atoms with E-state index in [0.717, 1.165) is 44.6 Å². The van der Waals surface area contributed by atoms with Gasteiger partial charge in [0.05, 0.1) is 0 Å². The van der Waals surface area contributed by atoms with E-state index in [0.29, 0.717) is 0 Å². The summed E-state index contributed by atoms with van der Waals surface area (Å²) in [6.45, 7) is 11.1. The van der Waals surface area contributed by atoms with Gasteiger partial charge in [-0.25, -0.2) is 0 Å². The van der Waals surface area contributed by atoms with Gasteiger partial charge in [-0.3, -0.25) is 4.79 Å². The fraction of sp³-hybridized carbons (Fsp3) is 0.476. The van der Waals surface area contributed by atoms with Crippen molar-refractivity contribution < 1.29 is 4.79 Å². The Morgan fingerprint density at radius 2 is 1.83 bits per heavy atom. The lowest BCUT2D eigenvalue weighted by Gasteiger charge is -2.19. The summed E-state index contributed by atoms with van der Waals surface area (Å²) in [7, 11) is 0. The Balaban J connectivity index is 2.04. The van der Waals surface area contributed by atoms with Crippen LogP contribution in [0.3, 0.4) is 0 Å². The molecule has 1 aromatic carbocycles. The number of carbonyl (C=O) groups excluding carboxylic acids is 1. The highest BCUT2D eigenvalue weighted by Gasteiger charge is 2.27. The van der Waals surface area contributed by atoms with E-state index in [1.54, 1.807) is 0 Å². The molecule has 3 nitrogen and oxygen atoms in total. The molecule has 1 aromatic heterocycles. The van der Waals surface area contributed by atoms with E-state index in [9.17, 15) is 4.79 Å². The average Bonchev–Trinajstić information content (AvgIpc) is 3.15. The zero-order chi connectivity index (χ0) is 17.3. The number of benzene rings is 1. The summed E-state index contributed by atoms with van der Waals surface area (Å²) in [5, 5.41) is 0. The number of amides is 1. The third-order valence-corrected chi connectivity index (χ3v) is 5.29. The Morgan fingerprint density at radius 3 is 2.46 bits per heavy atom. The van der Waals surface area contributed by atoms with E-state index in [1.165, 1.54) is 27.9 Å². The van der Waals surface area contributed by atoms with Gasteiger partial charge in [-0.1, -0.05) is 36.8 Å². The van der Waals surface area contributed by atoms with Crippen LogP contribution < -0.4 is 0 Å². The molecule has 0 atom stereocenters. The van der Waals surface area contributed by atoms with Crippen molar-refractivity contribution in [2.24, 2.45) is 0 Å². The third-order valence-electron chi connectivity index (χ3n) is 5.29. The van der Waals surface area contributed by atoms with Crippen LogP contribution in [0.25, 0.3) is 0 Å². The van der Waals surface area contributed by atoms with E-state index >= 15 is 0 Å². The average molecular weight is 324 g/mol. The minimum absolute atomic E-state index is 0.209. The molecule has 1 fully saturated rings. The van der Waals surface area contributed by atoms with Crippen LogP contribution in [0.2, 0.25) is 0 Å². The summed E-state index contributed by atoms with van der Waals surface area (Å²) < 4.78 is 2.24. The maximum Gasteiger partial charge on any atom is 0.270 e. The van der Waals surface area contributed by atoms with Crippen LogP contribution in [0.1, 0.15) is 58.2 Å². The second-order valence-corrected chi connectivity index (χ2v) is 6.97. The molecule has 2 heterocycles. The second-order valence-electron chi connectivity index (χ2n) is 6.97. The summed E-state index contributed by atoms with van der Waals surface area (Å²) >= 11 is 0. The molecule has 1 aliphatic heterocycles. The molecule has 0 aliphatic carbocycles. The van der Waals surface area contributed by atoms with Crippen LogP contribution >= 0.6 is 0 Å². The third kappa shape index (κ3) is 3.00. The van der Waals surface area contributed by atoms with E-state index < -0.39 is 0 Å². The topological polar surface area (TPSA) is 25.2 Å². The lowest BCUT2D eigenvalue weighted by atomic mass is 10.1. The first-order valence-corrected chi connectivity index (χ1v) is 9.06. The molecule has 0 unspecified atom stereocenters. The lowest BCUT2D eigenvalue weighted by Crippen LogP contribution is -2.30. The fourth-order valence-electron chi connectivity index (χ4n) is 4.00. The first kappa shape index (κ1) is 16.8. The standard InChI is InChI=1S/C21H28N2O/c1-5-19-16(3)20(21(24)22-11-6-7-12-22)23(17(19)4)14-18-10-8-9-15(2)13-18/h8-10,13H,5-7,11-12,14H2,1-4H3. The van der Waals surface area contributed by atoms with Crippen molar-refractivity contribution >= 4 is 5.91 Å². The Morgan fingerprint density at radius 1 is 1.12 bits per heavy atom. The molecule has 1 aliphatic rings. The summed E-state index contributed by atoms with van der Waals surface area (Å²) in [5.41, 5.74) is 7.14. The van der Waals surface area contributed by atoms with Crippen molar-refractivity contribution in [1.82, 2.24) is 9.47 Å². The van der Waals surface area contributed by atoms with Gasteiger partial charge in [0.2, 0.25) is 0 Å².